The molecule has 1 heterocycles. The molecule has 1 N–H and O–H groups in total. The van der Waals surface area contributed by atoms with Crippen molar-refractivity contribution in [1.29, 1.82) is 0 Å². The first-order chi connectivity index (χ1) is 17.1. The molecule has 0 spiro atoms. The van der Waals surface area contributed by atoms with Gasteiger partial charge in [0.2, 0.25) is 0 Å². The van der Waals surface area contributed by atoms with Crippen LogP contribution in [0.3, 0.4) is 0 Å². The lowest BCUT2D eigenvalue weighted by atomic mass is 10.5. The van der Waals surface area contributed by atoms with E-state index >= 15 is 0 Å². The molecule has 0 radical (unpaired) electrons. The van der Waals surface area contributed by atoms with Crippen LogP contribution in [0.25, 0.3) is 0 Å². The third-order valence-corrected chi connectivity index (χ3v) is 4.19. The fraction of sp³-hybridized carbons (Fsp3) is 0.773. The summed E-state index contributed by atoms with van der Waals surface area (Å²) in [5, 5.41) is 8.39. The summed E-state index contributed by atoms with van der Waals surface area (Å²) >= 11 is 0. The van der Waals surface area contributed by atoms with Gasteiger partial charge in [-0.05, 0) is 0 Å². The van der Waals surface area contributed by atoms with Gasteiger partial charge >= 0.3 is 5.97 Å². The Hall–Kier alpha value is -1.97. The first-order valence-electron chi connectivity index (χ1n) is 11.5. The van der Waals surface area contributed by atoms with Crippen molar-refractivity contribution < 1.29 is 57.4 Å². The van der Waals surface area contributed by atoms with Crippen LogP contribution in [-0.4, -0.2) is 140 Å². The van der Waals surface area contributed by atoms with E-state index in [2.05, 4.69) is 0 Å². The first-order valence-corrected chi connectivity index (χ1v) is 11.5. The molecule has 1 rings (SSSR count). The normalized spacial score (nSPS) is 13.3. The lowest BCUT2D eigenvalue weighted by Crippen LogP contribution is -2.33. The molecule has 0 atom stereocenters. The molecule has 13 heteroatoms. The maximum atomic E-state index is 11.3. The minimum atomic E-state index is -1.00. The smallest absolute Gasteiger partial charge is 0.329 e. The van der Waals surface area contributed by atoms with Gasteiger partial charge in [-0.15, -0.1) is 0 Å². The Labute approximate surface area is 205 Å². The van der Waals surface area contributed by atoms with Gasteiger partial charge in [0, 0.05) is 12.2 Å². The molecule has 0 unspecified atom stereocenters. The fourth-order valence-corrected chi connectivity index (χ4v) is 2.51. The van der Waals surface area contributed by atoms with E-state index in [1.165, 1.54) is 12.2 Å². The number of carboxylic acid groups (broad SMARTS) is 1. The van der Waals surface area contributed by atoms with Gasteiger partial charge in [-0.25, -0.2) is 4.79 Å². The summed E-state index contributed by atoms with van der Waals surface area (Å²) in [4.78, 5) is 34.0. The minimum Gasteiger partial charge on any atom is -0.480 e. The molecule has 2 amide bonds. The maximum Gasteiger partial charge on any atom is 0.329 e. The van der Waals surface area contributed by atoms with Crippen molar-refractivity contribution >= 4 is 17.8 Å². The second-order valence-corrected chi connectivity index (χ2v) is 6.89. The number of carbonyl (C=O) groups is 3. The molecule has 0 aromatic carbocycles. The number of rotatable bonds is 26. The van der Waals surface area contributed by atoms with E-state index in [1.54, 1.807) is 0 Å². The number of imide groups is 1. The van der Waals surface area contributed by atoms with Crippen molar-refractivity contribution in [3.63, 3.8) is 0 Å². The molecule has 0 aromatic heterocycles. The van der Waals surface area contributed by atoms with E-state index in [0.717, 1.165) is 4.90 Å². The quantitative estimate of drug-likeness (QED) is 0.115. The van der Waals surface area contributed by atoms with E-state index in [9.17, 15) is 14.4 Å². The van der Waals surface area contributed by atoms with Gasteiger partial charge < -0.3 is 43.0 Å². The van der Waals surface area contributed by atoms with Crippen LogP contribution in [-0.2, 0) is 52.3 Å². The highest BCUT2D eigenvalue weighted by atomic mass is 16.6. The van der Waals surface area contributed by atoms with Crippen molar-refractivity contribution in [1.82, 2.24) is 4.90 Å². The Kier molecular flexibility index (Phi) is 20.0. The monoisotopic (exact) mass is 507 g/mol. The van der Waals surface area contributed by atoms with Crippen LogP contribution in [0.1, 0.15) is 0 Å². The van der Waals surface area contributed by atoms with E-state index in [4.69, 9.17) is 43.0 Å². The highest BCUT2D eigenvalue weighted by Crippen LogP contribution is 2.02. The highest BCUT2D eigenvalue weighted by molar-refractivity contribution is 6.12. The molecule has 0 aromatic rings. The third kappa shape index (κ3) is 19.0. The van der Waals surface area contributed by atoms with Gasteiger partial charge in [0.25, 0.3) is 11.8 Å². The molecule has 0 saturated carbocycles. The number of carbonyl (C=O) groups excluding carboxylic acids is 2. The molecule has 1 aliphatic heterocycles. The lowest BCUT2D eigenvalue weighted by molar-refractivity contribution is -0.143. The second-order valence-electron chi connectivity index (χ2n) is 6.89. The van der Waals surface area contributed by atoms with Crippen LogP contribution < -0.4 is 0 Å². The third-order valence-electron chi connectivity index (χ3n) is 4.19. The topological polar surface area (TPSA) is 149 Å². The maximum absolute atomic E-state index is 11.3. The number of ether oxygens (including phenoxy) is 8. The number of hydrogen-bond donors (Lipinski definition) is 1. The SMILES string of the molecule is O=C(O)COCCOCCOCCOCCOCCOCCOCCOCCN1C(=O)C=CC1=O. The Morgan fingerprint density at radius 2 is 0.829 bits per heavy atom. The van der Waals surface area contributed by atoms with Gasteiger partial charge in [-0.2, -0.15) is 0 Å². The molecule has 0 bridgehead atoms. The Bertz CT molecular complexity index is 583. The fourth-order valence-electron chi connectivity index (χ4n) is 2.51. The Balaban J connectivity index is 1.66. The highest BCUT2D eigenvalue weighted by Gasteiger charge is 2.22. The van der Waals surface area contributed by atoms with E-state index < -0.39 is 5.97 Å². The standard InChI is InChI=1S/C22H37NO12/c24-20-1-2-21(25)23(20)3-4-28-5-6-29-7-8-30-9-10-31-11-12-32-13-14-33-15-16-34-17-18-35-19-22(26)27/h1-2H,3-19H2,(H,26,27). The average Bonchev–Trinajstić information content (AvgIpc) is 3.16. The molecule has 202 valence electrons. The number of hydrogen-bond acceptors (Lipinski definition) is 11. The number of carboxylic acids is 1. The summed E-state index contributed by atoms with van der Waals surface area (Å²) < 4.78 is 42.2. The van der Waals surface area contributed by atoms with Crippen molar-refractivity contribution in [2.24, 2.45) is 0 Å². The van der Waals surface area contributed by atoms with Gasteiger partial charge in [0.1, 0.15) is 6.61 Å². The van der Waals surface area contributed by atoms with Crippen LogP contribution in [0, 0.1) is 0 Å². The summed E-state index contributed by atoms with van der Waals surface area (Å²) in [6.45, 7) is 5.95. The van der Waals surface area contributed by atoms with E-state index in [0.29, 0.717) is 85.9 Å². The molecule has 35 heavy (non-hydrogen) atoms. The lowest BCUT2D eigenvalue weighted by Gasteiger charge is -2.13. The van der Waals surface area contributed by atoms with Crippen LogP contribution in [0.15, 0.2) is 12.2 Å². The van der Waals surface area contributed by atoms with Crippen LogP contribution in [0.2, 0.25) is 0 Å². The zero-order valence-corrected chi connectivity index (χ0v) is 20.1. The Morgan fingerprint density at radius 3 is 1.14 bits per heavy atom. The molecule has 0 aliphatic carbocycles. The molecule has 0 fully saturated rings. The van der Waals surface area contributed by atoms with Gasteiger partial charge in [0.15, 0.2) is 0 Å². The molecule has 1 aliphatic rings. The summed E-state index contributed by atoms with van der Waals surface area (Å²) in [7, 11) is 0. The van der Waals surface area contributed by atoms with E-state index in [-0.39, 0.29) is 38.2 Å². The summed E-state index contributed by atoms with van der Waals surface area (Å²) in [6, 6.07) is 0. The van der Waals surface area contributed by atoms with Crippen molar-refractivity contribution in [2.75, 3.05) is 112 Å². The summed E-state index contributed by atoms with van der Waals surface area (Å²) in [6.07, 6.45) is 2.49. The predicted molar refractivity (Wildman–Crippen MR) is 120 cm³/mol. The number of nitrogens with zero attached hydrogens (tertiary/aromatic N) is 1. The van der Waals surface area contributed by atoms with Crippen molar-refractivity contribution in [3.8, 4) is 0 Å². The minimum absolute atomic E-state index is 0.234. The van der Waals surface area contributed by atoms with Gasteiger partial charge in [-0.1, -0.05) is 0 Å². The zero-order valence-electron chi connectivity index (χ0n) is 20.1. The largest absolute Gasteiger partial charge is 0.480 e. The first kappa shape index (κ1) is 31.1. The summed E-state index contributed by atoms with van der Waals surface area (Å²) in [5.41, 5.74) is 0. The average molecular weight is 508 g/mol. The number of aliphatic carboxylic acids is 1. The molecule has 13 nitrogen and oxygen atoms in total. The zero-order chi connectivity index (χ0) is 25.4. The van der Waals surface area contributed by atoms with Gasteiger partial charge in [-0.3, -0.25) is 14.5 Å². The Morgan fingerprint density at radius 1 is 0.543 bits per heavy atom. The van der Waals surface area contributed by atoms with Crippen LogP contribution in [0.4, 0.5) is 0 Å². The second kappa shape index (κ2) is 22.5. The van der Waals surface area contributed by atoms with E-state index in [1.807, 2.05) is 0 Å². The molecular formula is C22H37NO12. The summed E-state index contributed by atoms with van der Waals surface area (Å²) in [5.74, 6) is -1.63. The predicted octanol–water partition coefficient (Wildman–Crippen LogP) is -0.871. The van der Waals surface area contributed by atoms with Crippen molar-refractivity contribution in [3.05, 3.63) is 12.2 Å². The molecular weight excluding hydrogens is 470 g/mol. The van der Waals surface area contributed by atoms with Crippen molar-refractivity contribution in [2.45, 2.75) is 0 Å². The van der Waals surface area contributed by atoms with Crippen LogP contribution in [0.5, 0.6) is 0 Å². The number of amides is 2. The molecule has 0 saturated heterocycles. The van der Waals surface area contributed by atoms with Crippen LogP contribution >= 0.6 is 0 Å². The van der Waals surface area contributed by atoms with Gasteiger partial charge in [0.05, 0.1) is 106 Å².